The SMILES string of the molecule is CC1C(CO)C2C3CC(C4C(O)CC34)C12. The van der Waals surface area contributed by atoms with Gasteiger partial charge in [-0.3, -0.25) is 0 Å². The summed E-state index contributed by atoms with van der Waals surface area (Å²) in [5.41, 5.74) is 0. The normalized spacial score (nSPS) is 69.4. The van der Waals surface area contributed by atoms with Crippen LogP contribution in [0.15, 0.2) is 0 Å². The predicted molar refractivity (Wildman–Crippen MR) is 55.9 cm³/mol. The van der Waals surface area contributed by atoms with Crippen LogP contribution in [-0.2, 0) is 0 Å². The monoisotopic (exact) mass is 208 g/mol. The van der Waals surface area contributed by atoms with Gasteiger partial charge in [0.25, 0.3) is 0 Å². The van der Waals surface area contributed by atoms with Crippen molar-refractivity contribution >= 4 is 0 Å². The molecule has 2 nitrogen and oxygen atoms in total. The first kappa shape index (κ1) is 9.00. The van der Waals surface area contributed by atoms with E-state index < -0.39 is 0 Å². The minimum Gasteiger partial charge on any atom is -0.396 e. The van der Waals surface area contributed by atoms with E-state index in [2.05, 4.69) is 6.92 Å². The summed E-state index contributed by atoms with van der Waals surface area (Å²) >= 11 is 0. The summed E-state index contributed by atoms with van der Waals surface area (Å²) in [6.07, 6.45) is 2.44. The molecular formula is C13H20O2. The smallest absolute Gasteiger partial charge is 0.0576 e. The molecule has 0 amide bonds. The fraction of sp³-hybridized carbons (Fsp3) is 1.00. The fourth-order valence-electron chi connectivity index (χ4n) is 5.94. The van der Waals surface area contributed by atoms with Crippen LogP contribution < -0.4 is 0 Å². The van der Waals surface area contributed by atoms with E-state index in [1.54, 1.807) is 0 Å². The highest BCUT2D eigenvalue weighted by molar-refractivity contribution is 5.18. The van der Waals surface area contributed by atoms with Gasteiger partial charge < -0.3 is 10.2 Å². The molecule has 2 heteroatoms. The van der Waals surface area contributed by atoms with Crippen LogP contribution in [0.3, 0.4) is 0 Å². The second-order valence-corrected chi connectivity index (χ2v) is 6.47. The lowest BCUT2D eigenvalue weighted by atomic mass is 9.45. The van der Waals surface area contributed by atoms with Gasteiger partial charge in [0.15, 0.2) is 0 Å². The summed E-state index contributed by atoms with van der Waals surface area (Å²) in [5, 5.41) is 19.2. The topological polar surface area (TPSA) is 40.5 Å². The molecule has 84 valence electrons. The standard InChI is InChI=1S/C13H20O2/c1-5-9(4-14)13-6-2-8(11(5)13)12-7(6)3-10(12)15/h5-15H,2-4H2,1H3. The summed E-state index contributed by atoms with van der Waals surface area (Å²) in [6, 6.07) is 0. The molecule has 0 radical (unpaired) electrons. The Kier molecular flexibility index (Phi) is 1.56. The zero-order valence-corrected chi connectivity index (χ0v) is 9.21. The van der Waals surface area contributed by atoms with Gasteiger partial charge in [0, 0.05) is 6.61 Å². The number of fused-ring (bicyclic) bond motifs is 8. The number of aliphatic hydroxyl groups is 2. The molecular weight excluding hydrogens is 188 g/mol. The van der Waals surface area contributed by atoms with Gasteiger partial charge >= 0.3 is 0 Å². The lowest BCUT2D eigenvalue weighted by Crippen LogP contribution is -2.59. The Morgan fingerprint density at radius 3 is 2.40 bits per heavy atom. The van der Waals surface area contributed by atoms with E-state index in [4.69, 9.17) is 0 Å². The Balaban J connectivity index is 1.64. The molecule has 15 heavy (non-hydrogen) atoms. The summed E-state index contributed by atoms with van der Waals surface area (Å²) in [7, 11) is 0. The van der Waals surface area contributed by atoms with Gasteiger partial charge in [-0.1, -0.05) is 6.92 Å². The number of hydrogen-bond donors (Lipinski definition) is 2. The Morgan fingerprint density at radius 1 is 1.00 bits per heavy atom. The quantitative estimate of drug-likeness (QED) is 0.678. The fourth-order valence-corrected chi connectivity index (χ4v) is 5.94. The van der Waals surface area contributed by atoms with Gasteiger partial charge in [0.1, 0.15) is 0 Å². The average Bonchev–Trinajstić information content (AvgIpc) is 2.63. The van der Waals surface area contributed by atoms with Crippen LogP contribution in [0, 0.1) is 47.3 Å². The van der Waals surface area contributed by atoms with Crippen LogP contribution in [0.5, 0.6) is 0 Å². The minimum absolute atomic E-state index is 0.0197. The molecule has 2 bridgehead atoms. The highest BCUT2D eigenvalue weighted by Crippen LogP contribution is 2.73. The summed E-state index contributed by atoms with van der Waals surface area (Å²) in [6.45, 7) is 2.70. The van der Waals surface area contributed by atoms with Crippen LogP contribution in [0.2, 0.25) is 0 Å². The molecule has 0 aromatic heterocycles. The third-order valence-electron chi connectivity index (χ3n) is 6.46. The molecule has 0 aromatic rings. The van der Waals surface area contributed by atoms with Crippen molar-refractivity contribution in [3.8, 4) is 0 Å². The molecule has 0 saturated heterocycles. The Morgan fingerprint density at radius 2 is 1.73 bits per heavy atom. The zero-order valence-electron chi connectivity index (χ0n) is 9.21. The molecule has 9 atom stereocenters. The summed E-state index contributed by atoms with van der Waals surface area (Å²) in [5.74, 6) is 6.12. The van der Waals surface area contributed by atoms with E-state index in [1.165, 1.54) is 6.42 Å². The molecule has 2 N–H and O–H groups in total. The molecule has 0 aromatic carbocycles. The largest absolute Gasteiger partial charge is 0.396 e. The highest BCUT2D eigenvalue weighted by Gasteiger charge is 2.70. The second-order valence-electron chi connectivity index (χ2n) is 6.47. The van der Waals surface area contributed by atoms with E-state index in [9.17, 15) is 10.2 Å². The molecule has 0 aliphatic heterocycles. The molecule has 0 heterocycles. The third-order valence-corrected chi connectivity index (χ3v) is 6.46. The van der Waals surface area contributed by atoms with Crippen molar-refractivity contribution in [1.82, 2.24) is 0 Å². The van der Waals surface area contributed by atoms with Crippen molar-refractivity contribution < 1.29 is 10.2 Å². The Bertz CT molecular complexity index is 299. The molecule has 4 saturated carbocycles. The maximum atomic E-state index is 9.83. The first-order chi connectivity index (χ1) is 7.24. The number of aliphatic hydroxyl groups excluding tert-OH is 2. The van der Waals surface area contributed by atoms with Crippen molar-refractivity contribution in [3.05, 3.63) is 0 Å². The van der Waals surface area contributed by atoms with Gasteiger partial charge in [-0.2, -0.15) is 0 Å². The van der Waals surface area contributed by atoms with Crippen LogP contribution in [-0.4, -0.2) is 22.9 Å². The minimum atomic E-state index is 0.0197. The van der Waals surface area contributed by atoms with Crippen molar-refractivity contribution in [2.24, 2.45) is 47.3 Å². The Hall–Kier alpha value is -0.0800. The summed E-state index contributed by atoms with van der Waals surface area (Å²) < 4.78 is 0. The van der Waals surface area contributed by atoms with Crippen LogP contribution in [0.25, 0.3) is 0 Å². The molecule has 4 aliphatic carbocycles. The van der Waals surface area contributed by atoms with Gasteiger partial charge in [-0.25, -0.2) is 0 Å². The zero-order chi connectivity index (χ0) is 10.3. The highest BCUT2D eigenvalue weighted by atomic mass is 16.3. The van der Waals surface area contributed by atoms with Crippen LogP contribution >= 0.6 is 0 Å². The average molecular weight is 208 g/mol. The van der Waals surface area contributed by atoms with Crippen LogP contribution in [0.4, 0.5) is 0 Å². The maximum Gasteiger partial charge on any atom is 0.0576 e. The van der Waals surface area contributed by atoms with Crippen molar-refractivity contribution in [3.63, 3.8) is 0 Å². The van der Waals surface area contributed by atoms with E-state index in [0.717, 1.165) is 36.0 Å². The molecule has 4 fully saturated rings. The molecule has 4 aliphatic rings. The third kappa shape index (κ3) is 0.794. The van der Waals surface area contributed by atoms with E-state index in [0.29, 0.717) is 24.4 Å². The van der Waals surface area contributed by atoms with Crippen molar-refractivity contribution in [2.75, 3.05) is 6.61 Å². The first-order valence-electron chi connectivity index (χ1n) is 6.53. The Labute approximate surface area is 90.7 Å². The first-order valence-corrected chi connectivity index (χ1v) is 6.53. The molecule has 0 spiro atoms. The second kappa shape index (κ2) is 2.60. The number of rotatable bonds is 1. The van der Waals surface area contributed by atoms with Crippen LogP contribution in [0.1, 0.15) is 19.8 Å². The maximum absolute atomic E-state index is 9.83. The van der Waals surface area contributed by atoms with Gasteiger partial charge in [0.2, 0.25) is 0 Å². The van der Waals surface area contributed by atoms with Gasteiger partial charge in [-0.05, 0) is 60.2 Å². The van der Waals surface area contributed by atoms with Gasteiger partial charge in [-0.15, -0.1) is 0 Å². The number of hydrogen-bond acceptors (Lipinski definition) is 2. The molecule has 4 rings (SSSR count). The van der Waals surface area contributed by atoms with E-state index in [1.807, 2.05) is 0 Å². The van der Waals surface area contributed by atoms with Gasteiger partial charge in [0.05, 0.1) is 6.10 Å². The predicted octanol–water partition coefficient (Wildman–Crippen LogP) is 1.12. The summed E-state index contributed by atoms with van der Waals surface area (Å²) in [4.78, 5) is 0. The van der Waals surface area contributed by atoms with E-state index in [-0.39, 0.29) is 6.10 Å². The molecule has 9 unspecified atom stereocenters. The lowest BCUT2D eigenvalue weighted by molar-refractivity contribution is -0.171. The van der Waals surface area contributed by atoms with Crippen molar-refractivity contribution in [2.45, 2.75) is 25.9 Å². The van der Waals surface area contributed by atoms with E-state index >= 15 is 0 Å². The van der Waals surface area contributed by atoms with Crippen molar-refractivity contribution in [1.29, 1.82) is 0 Å². The lowest BCUT2D eigenvalue weighted by Gasteiger charge is -2.60.